The van der Waals surface area contributed by atoms with Gasteiger partial charge in [-0.3, -0.25) is 0 Å². The van der Waals surface area contributed by atoms with Crippen LogP contribution in [0, 0.1) is 0 Å². The topological polar surface area (TPSA) is 29.9 Å². The Labute approximate surface area is 121 Å². The Morgan fingerprint density at radius 3 is 2.65 bits per heavy atom. The van der Waals surface area contributed by atoms with Crippen molar-refractivity contribution in [3.05, 3.63) is 54.1 Å². The van der Waals surface area contributed by atoms with E-state index in [1.165, 1.54) is 24.2 Å². The molecule has 3 heteroatoms. The number of aromatic nitrogens is 2. The molecule has 1 fully saturated rings. The van der Waals surface area contributed by atoms with Crippen molar-refractivity contribution in [3.8, 4) is 0 Å². The molecule has 1 aromatic heterocycles. The van der Waals surface area contributed by atoms with Gasteiger partial charge < -0.3 is 9.88 Å². The number of rotatable bonds is 6. The molecule has 3 rings (SSSR count). The van der Waals surface area contributed by atoms with E-state index < -0.39 is 0 Å². The molecule has 20 heavy (non-hydrogen) atoms. The molecule has 1 N–H and O–H groups in total. The fraction of sp³-hybridized carbons (Fsp3) is 0.471. The fourth-order valence-corrected chi connectivity index (χ4v) is 3.32. The number of benzene rings is 1. The van der Waals surface area contributed by atoms with Gasteiger partial charge in [0.05, 0.1) is 0 Å². The van der Waals surface area contributed by atoms with E-state index in [1.807, 2.05) is 6.20 Å². The number of likely N-dealkylation sites (N-methyl/N-ethyl adjacent to an activating group) is 1. The van der Waals surface area contributed by atoms with Crippen LogP contribution in [0.1, 0.15) is 31.2 Å². The van der Waals surface area contributed by atoms with Gasteiger partial charge in [0.15, 0.2) is 0 Å². The molecular formula is C17H23N3. The number of nitrogens with one attached hydrogen (secondary N) is 1. The first-order valence-electron chi connectivity index (χ1n) is 7.53. The third-order valence-electron chi connectivity index (χ3n) is 4.68. The van der Waals surface area contributed by atoms with Gasteiger partial charge in [0.25, 0.3) is 0 Å². The van der Waals surface area contributed by atoms with Crippen LogP contribution in [0.3, 0.4) is 0 Å². The van der Waals surface area contributed by atoms with E-state index in [0.717, 1.165) is 13.0 Å². The predicted molar refractivity (Wildman–Crippen MR) is 81.8 cm³/mol. The Bertz CT molecular complexity index is 555. The maximum atomic E-state index is 4.53. The van der Waals surface area contributed by atoms with Crippen molar-refractivity contribution in [2.45, 2.75) is 44.2 Å². The second-order valence-corrected chi connectivity index (χ2v) is 5.70. The van der Waals surface area contributed by atoms with Gasteiger partial charge >= 0.3 is 0 Å². The first-order chi connectivity index (χ1) is 9.80. The van der Waals surface area contributed by atoms with Crippen LogP contribution >= 0.6 is 0 Å². The predicted octanol–water partition coefficient (Wildman–Crippen LogP) is 2.77. The summed E-state index contributed by atoms with van der Waals surface area (Å²) in [5, 5.41) is 3.54. The number of nitrogens with zero attached hydrogens (tertiary/aromatic N) is 2. The maximum Gasteiger partial charge on any atom is 0.110 e. The lowest BCUT2D eigenvalue weighted by molar-refractivity contribution is 0.428. The molecule has 0 radical (unpaired) electrons. The number of aryl methyl sites for hydroxylation is 1. The SMILES string of the molecule is CCn1ccnc1CC(NC)C1(c2ccccc2)CC1. The average Bonchev–Trinajstić information content (AvgIpc) is 3.19. The third kappa shape index (κ3) is 2.27. The molecule has 1 aliphatic rings. The molecule has 1 saturated carbocycles. The summed E-state index contributed by atoms with van der Waals surface area (Å²) in [5.74, 6) is 1.19. The first kappa shape index (κ1) is 13.4. The number of hydrogen-bond acceptors (Lipinski definition) is 2. The van der Waals surface area contributed by atoms with Crippen LogP contribution in [0.2, 0.25) is 0 Å². The zero-order chi connectivity index (χ0) is 14.0. The molecule has 1 aromatic carbocycles. The van der Waals surface area contributed by atoms with Gasteiger partial charge in [-0.25, -0.2) is 4.98 Å². The summed E-state index contributed by atoms with van der Waals surface area (Å²) < 4.78 is 2.24. The molecule has 1 unspecified atom stereocenters. The van der Waals surface area contributed by atoms with E-state index in [2.05, 4.69) is 65.4 Å². The Hall–Kier alpha value is -1.61. The second-order valence-electron chi connectivity index (χ2n) is 5.70. The van der Waals surface area contributed by atoms with Crippen LogP contribution in [-0.2, 0) is 18.4 Å². The molecule has 0 spiro atoms. The largest absolute Gasteiger partial charge is 0.335 e. The Kier molecular flexibility index (Phi) is 3.62. The molecule has 2 aromatic rings. The van der Waals surface area contributed by atoms with Crippen LogP contribution in [0.15, 0.2) is 42.7 Å². The molecule has 0 saturated heterocycles. The minimum absolute atomic E-state index is 0.306. The van der Waals surface area contributed by atoms with Gasteiger partial charge in [0, 0.05) is 36.8 Å². The molecule has 106 valence electrons. The second kappa shape index (κ2) is 5.41. The molecule has 1 atom stereocenters. The van der Waals surface area contributed by atoms with E-state index >= 15 is 0 Å². The third-order valence-corrected chi connectivity index (χ3v) is 4.68. The van der Waals surface area contributed by atoms with Crippen LogP contribution < -0.4 is 5.32 Å². The Morgan fingerprint density at radius 1 is 1.30 bits per heavy atom. The van der Waals surface area contributed by atoms with Gasteiger partial charge in [-0.15, -0.1) is 0 Å². The maximum absolute atomic E-state index is 4.53. The molecular weight excluding hydrogens is 246 g/mol. The smallest absolute Gasteiger partial charge is 0.110 e. The zero-order valence-electron chi connectivity index (χ0n) is 12.3. The molecule has 1 aliphatic carbocycles. The van der Waals surface area contributed by atoms with Crippen molar-refractivity contribution in [3.63, 3.8) is 0 Å². The molecule has 0 amide bonds. The summed E-state index contributed by atoms with van der Waals surface area (Å²) in [5.41, 5.74) is 1.77. The standard InChI is InChI=1S/C17H23N3/c1-3-20-12-11-19-16(20)13-15(18-2)17(9-10-17)14-7-5-4-6-8-14/h4-8,11-12,15,18H,3,9-10,13H2,1-2H3. The highest BCUT2D eigenvalue weighted by molar-refractivity contribution is 5.34. The van der Waals surface area contributed by atoms with Crippen molar-refractivity contribution in [2.24, 2.45) is 0 Å². The van der Waals surface area contributed by atoms with E-state index in [-0.39, 0.29) is 0 Å². The highest BCUT2D eigenvalue weighted by atomic mass is 15.1. The van der Waals surface area contributed by atoms with Gasteiger partial charge in [0.2, 0.25) is 0 Å². The summed E-state index contributed by atoms with van der Waals surface area (Å²) in [6.45, 7) is 3.16. The summed E-state index contributed by atoms with van der Waals surface area (Å²) in [7, 11) is 2.08. The molecule has 3 nitrogen and oxygen atoms in total. The first-order valence-corrected chi connectivity index (χ1v) is 7.53. The van der Waals surface area contributed by atoms with Gasteiger partial charge in [-0.05, 0) is 32.4 Å². The quantitative estimate of drug-likeness (QED) is 0.874. The van der Waals surface area contributed by atoms with E-state index in [9.17, 15) is 0 Å². The summed E-state index contributed by atoms with van der Waals surface area (Å²) in [4.78, 5) is 4.53. The van der Waals surface area contributed by atoms with Crippen molar-refractivity contribution in [1.82, 2.24) is 14.9 Å². The highest BCUT2D eigenvalue weighted by Crippen LogP contribution is 2.51. The molecule has 0 aliphatic heterocycles. The van der Waals surface area contributed by atoms with E-state index in [1.54, 1.807) is 0 Å². The number of imidazole rings is 1. The molecule has 0 bridgehead atoms. The minimum Gasteiger partial charge on any atom is -0.335 e. The monoisotopic (exact) mass is 269 g/mol. The van der Waals surface area contributed by atoms with Gasteiger partial charge in [-0.2, -0.15) is 0 Å². The van der Waals surface area contributed by atoms with Gasteiger partial charge in [0.1, 0.15) is 5.82 Å². The van der Waals surface area contributed by atoms with Crippen LogP contribution in [-0.4, -0.2) is 22.6 Å². The number of hydrogen-bond donors (Lipinski definition) is 1. The highest BCUT2D eigenvalue weighted by Gasteiger charge is 2.50. The lowest BCUT2D eigenvalue weighted by Crippen LogP contribution is -2.40. The average molecular weight is 269 g/mol. The van der Waals surface area contributed by atoms with Gasteiger partial charge in [-0.1, -0.05) is 30.3 Å². The molecule has 1 heterocycles. The van der Waals surface area contributed by atoms with Crippen molar-refractivity contribution < 1.29 is 0 Å². The van der Waals surface area contributed by atoms with Crippen molar-refractivity contribution in [1.29, 1.82) is 0 Å². The van der Waals surface area contributed by atoms with Crippen LogP contribution in [0.25, 0.3) is 0 Å². The lowest BCUT2D eigenvalue weighted by atomic mass is 9.86. The van der Waals surface area contributed by atoms with Crippen molar-refractivity contribution >= 4 is 0 Å². The summed E-state index contributed by atoms with van der Waals surface area (Å²) in [6, 6.07) is 11.4. The van der Waals surface area contributed by atoms with E-state index in [0.29, 0.717) is 11.5 Å². The Balaban J connectivity index is 1.84. The summed E-state index contributed by atoms with van der Waals surface area (Å²) >= 11 is 0. The Morgan fingerprint density at radius 2 is 2.05 bits per heavy atom. The summed E-state index contributed by atoms with van der Waals surface area (Å²) in [6.07, 6.45) is 7.52. The van der Waals surface area contributed by atoms with Crippen molar-refractivity contribution in [2.75, 3.05) is 7.05 Å². The van der Waals surface area contributed by atoms with Crippen LogP contribution in [0.4, 0.5) is 0 Å². The minimum atomic E-state index is 0.306. The van der Waals surface area contributed by atoms with E-state index in [4.69, 9.17) is 0 Å². The van der Waals surface area contributed by atoms with Crippen LogP contribution in [0.5, 0.6) is 0 Å². The lowest BCUT2D eigenvalue weighted by Gasteiger charge is -2.27. The normalized spacial score (nSPS) is 17.9. The fourth-order valence-electron chi connectivity index (χ4n) is 3.32. The zero-order valence-corrected chi connectivity index (χ0v) is 12.3.